The van der Waals surface area contributed by atoms with E-state index in [9.17, 15) is 9.59 Å². The minimum Gasteiger partial charge on any atom is -0.325 e. The molecule has 148 valence electrons. The van der Waals surface area contributed by atoms with Crippen LogP contribution in [0.1, 0.15) is 50.8 Å². The SMILES string of the molecule is Cc1cc(C)cc(NC(=O)C2CCCc3sc(NC(=O)c4ccccc4)nc32)c1. The third kappa shape index (κ3) is 4.38. The largest absolute Gasteiger partial charge is 0.325 e. The molecule has 1 unspecified atom stereocenters. The number of carbonyl (C=O) groups excluding carboxylic acids is 2. The van der Waals surface area contributed by atoms with E-state index in [1.807, 2.05) is 44.2 Å². The third-order valence-corrected chi connectivity index (χ3v) is 6.06. The molecule has 2 N–H and O–H groups in total. The van der Waals surface area contributed by atoms with Crippen molar-refractivity contribution in [2.75, 3.05) is 10.6 Å². The van der Waals surface area contributed by atoms with E-state index in [4.69, 9.17) is 0 Å². The monoisotopic (exact) mass is 405 g/mol. The van der Waals surface area contributed by atoms with E-state index >= 15 is 0 Å². The fraction of sp³-hybridized carbons (Fsp3) is 0.261. The molecule has 1 atom stereocenters. The summed E-state index contributed by atoms with van der Waals surface area (Å²) in [5.41, 5.74) is 4.43. The highest BCUT2D eigenvalue weighted by molar-refractivity contribution is 7.16. The van der Waals surface area contributed by atoms with Crippen molar-refractivity contribution in [2.45, 2.75) is 39.0 Å². The summed E-state index contributed by atoms with van der Waals surface area (Å²) < 4.78 is 0. The number of aromatic nitrogens is 1. The summed E-state index contributed by atoms with van der Waals surface area (Å²) in [4.78, 5) is 31.1. The molecule has 1 aliphatic rings. The van der Waals surface area contributed by atoms with Gasteiger partial charge in [-0.05, 0) is 68.5 Å². The number of amides is 2. The van der Waals surface area contributed by atoms with Gasteiger partial charge >= 0.3 is 0 Å². The molecular weight excluding hydrogens is 382 g/mol. The molecule has 1 heterocycles. The van der Waals surface area contributed by atoms with Crippen LogP contribution in [0.15, 0.2) is 48.5 Å². The molecule has 0 radical (unpaired) electrons. The highest BCUT2D eigenvalue weighted by Crippen LogP contribution is 2.37. The number of nitrogens with zero attached hydrogens (tertiary/aromatic N) is 1. The zero-order valence-electron chi connectivity index (χ0n) is 16.5. The van der Waals surface area contributed by atoms with E-state index in [0.29, 0.717) is 10.7 Å². The van der Waals surface area contributed by atoms with Gasteiger partial charge in [-0.2, -0.15) is 0 Å². The second-order valence-electron chi connectivity index (χ2n) is 7.46. The second-order valence-corrected chi connectivity index (χ2v) is 8.54. The summed E-state index contributed by atoms with van der Waals surface area (Å²) in [7, 11) is 0. The van der Waals surface area contributed by atoms with Gasteiger partial charge in [-0.15, -0.1) is 11.3 Å². The third-order valence-electron chi connectivity index (χ3n) is 5.02. The number of nitrogens with one attached hydrogen (secondary N) is 2. The maximum absolute atomic E-state index is 13.0. The van der Waals surface area contributed by atoms with Crippen molar-refractivity contribution in [2.24, 2.45) is 0 Å². The normalized spacial score (nSPS) is 15.4. The van der Waals surface area contributed by atoms with Crippen LogP contribution in [0.25, 0.3) is 0 Å². The van der Waals surface area contributed by atoms with Gasteiger partial charge in [0, 0.05) is 16.1 Å². The van der Waals surface area contributed by atoms with Crippen molar-refractivity contribution in [3.05, 3.63) is 75.8 Å². The minimum atomic E-state index is -0.293. The molecule has 0 spiro atoms. The quantitative estimate of drug-likeness (QED) is 0.636. The van der Waals surface area contributed by atoms with Crippen molar-refractivity contribution in [3.8, 4) is 0 Å². The first-order valence-electron chi connectivity index (χ1n) is 9.75. The van der Waals surface area contributed by atoms with E-state index in [1.54, 1.807) is 12.1 Å². The number of thiazole rings is 1. The Bertz CT molecular complexity index is 1040. The summed E-state index contributed by atoms with van der Waals surface area (Å²) >= 11 is 1.47. The first-order valence-corrected chi connectivity index (χ1v) is 10.6. The Hall–Kier alpha value is -2.99. The molecule has 0 saturated carbocycles. The molecule has 0 bridgehead atoms. The first-order chi connectivity index (χ1) is 14.0. The second kappa shape index (κ2) is 8.17. The molecule has 3 aromatic rings. The van der Waals surface area contributed by atoms with Crippen molar-refractivity contribution >= 4 is 34.0 Å². The predicted molar refractivity (Wildman–Crippen MR) is 117 cm³/mol. The highest BCUT2D eigenvalue weighted by atomic mass is 32.1. The molecule has 0 fully saturated rings. The summed E-state index contributed by atoms with van der Waals surface area (Å²) in [5, 5.41) is 6.48. The van der Waals surface area contributed by atoms with E-state index in [1.165, 1.54) is 11.3 Å². The van der Waals surface area contributed by atoms with Gasteiger partial charge in [0.15, 0.2) is 5.13 Å². The van der Waals surface area contributed by atoms with Crippen LogP contribution in [0.4, 0.5) is 10.8 Å². The van der Waals surface area contributed by atoms with Gasteiger partial charge in [-0.1, -0.05) is 24.3 Å². The van der Waals surface area contributed by atoms with Gasteiger partial charge in [0.25, 0.3) is 5.91 Å². The number of carbonyl (C=O) groups is 2. The van der Waals surface area contributed by atoms with Crippen molar-refractivity contribution in [1.29, 1.82) is 0 Å². The Morgan fingerprint density at radius 1 is 1.03 bits per heavy atom. The van der Waals surface area contributed by atoms with E-state index in [0.717, 1.165) is 46.6 Å². The Balaban J connectivity index is 1.52. The van der Waals surface area contributed by atoms with Crippen LogP contribution in [0.2, 0.25) is 0 Å². The fourth-order valence-corrected chi connectivity index (χ4v) is 4.82. The van der Waals surface area contributed by atoms with E-state index in [-0.39, 0.29) is 17.7 Å². The lowest BCUT2D eigenvalue weighted by molar-refractivity contribution is -0.117. The van der Waals surface area contributed by atoms with E-state index in [2.05, 4.69) is 21.7 Å². The minimum absolute atomic E-state index is 0.0396. The van der Waals surface area contributed by atoms with Gasteiger partial charge in [0.2, 0.25) is 5.91 Å². The molecule has 0 saturated heterocycles. The summed E-state index contributed by atoms with van der Waals surface area (Å²) in [6.45, 7) is 4.03. The van der Waals surface area contributed by atoms with Crippen LogP contribution in [-0.2, 0) is 11.2 Å². The van der Waals surface area contributed by atoms with Crippen molar-refractivity contribution < 1.29 is 9.59 Å². The molecule has 1 aromatic heterocycles. The molecule has 2 amide bonds. The van der Waals surface area contributed by atoms with Crippen LogP contribution >= 0.6 is 11.3 Å². The average molecular weight is 406 g/mol. The van der Waals surface area contributed by atoms with E-state index < -0.39 is 0 Å². The van der Waals surface area contributed by atoms with Gasteiger partial charge in [0.05, 0.1) is 11.6 Å². The van der Waals surface area contributed by atoms with Crippen molar-refractivity contribution in [1.82, 2.24) is 4.98 Å². The zero-order chi connectivity index (χ0) is 20.4. The topological polar surface area (TPSA) is 71.1 Å². The summed E-state index contributed by atoms with van der Waals surface area (Å²) in [6, 6.07) is 15.1. The lowest BCUT2D eigenvalue weighted by Crippen LogP contribution is -2.24. The van der Waals surface area contributed by atoms with Gasteiger partial charge < -0.3 is 5.32 Å². The lowest BCUT2D eigenvalue weighted by Gasteiger charge is -2.20. The smallest absolute Gasteiger partial charge is 0.257 e. The number of aryl methyl sites for hydroxylation is 3. The molecule has 29 heavy (non-hydrogen) atoms. The van der Waals surface area contributed by atoms with Crippen molar-refractivity contribution in [3.63, 3.8) is 0 Å². The Morgan fingerprint density at radius 2 is 1.76 bits per heavy atom. The number of fused-ring (bicyclic) bond motifs is 1. The molecular formula is C23H23N3O2S. The maximum atomic E-state index is 13.0. The summed E-state index contributed by atoms with van der Waals surface area (Å²) in [6.07, 6.45) is 2.59. The molecule has 1 aliphatic carbocycles. The molecule has 4 rings (SSSR count). The highest BCUT2D eigenvalue weighted by Gasteiger charge is 2.30. The zero-order valence-corrected chi connectivity index (χ0v) is 17.3. The van der Waals surface area contributed by atoms with Gasteiger partial charge in [0.1, 0.15) is 0 Å². The van der Waals surface area contributed by atoms with Gasteiger partial charge in [-0.3, -0.25) is 14.9 Å². The number of hydrogen-bond acceptors (Lipinski definition) is 4. The van der Waals surface area contributed by atoms with Crippen LogP contribution in [0.5, 0.6) is 0 Å². The van der Waals surface area contributed by atoms with Crippen LogP contribution in [0, 0.1) is 13.8 Å². The number of benzene rings is 2. The number of hydrogen-bond donors (Lipinski definition) is 2. The fourth-order valence-electron chi connectivity index (χ4n) is 3.76. The molecule has 0 aliphatic heterocycles. The lowest BCUT2D eigenvalue weighted by atomic mass is 9.90. The molecule has 5 nitrogen and oxygen atoms in total. The predicted octanol–water partition coefficient (Wildman–Crippen LogP) is 5.07. The molecule has 2 aromatic carbocycles. The standard InChI is InChI=1S/C23H23N3O2S/c1-14-11-15(2)13-17(12-14)24-22(28)18-9-6-10-19-20(18)25-23(29-19)26-21(27)16-7-4-3-5-8-16/h3-5,7-8,11-13,18H,6,9-10H2,1-2H3,(H,24,28)(H,25,26,27). The number of rotatable bonds is 4. The first kappa shape index (κ1) is 19.3. The van der Waals surface area contributed by atoms with Crippen LogP contribution < -0.4 is 10.6 Å². The van der Waals surface area contributed by atoms with Crippen LogP contribution in [0.3, 0.4) is 0 Å². The van der Waals surface area contributed by atoms with Gasteiger partial charge in [-0.25, -0.2) is 4.98 Å². The maximum Gasteiger partial charge on any atom is 0.257 e. The Kier molecular flexibility index (Phi) is 5.45. The molecule has 6 heteroatoms. The average Bonchev–Trinajstić information content (AvgIpc) is 3.10. The Labute approximate surface area is 174 Å². The summed E-state index contributed by atoms with van der Waals surface area (Å²) in [5.74, 6) is -0.520. The Morgan fingerprint density at radius 3 is 2.48 bits per heavy atom. The van der Waals surface area contributed by atoms with Crippen LogP contribution in [-0.4, -0.2) is 16.8 Å². The number of anilines is 2.